The van der Waals surface area contributed by atoms with Crippen molar-refractivity contribution in [1.82, 2.24) is 14.1 Å². The summed E-state index contributed by atoms with van der Waals surface area (Å²) >= 11 is 5.80. The van der Waals surface area contributed by atoms with Crippen molar-refractivity contribution in [1.29, 1.82) is 0 Å². The van der Waals surface area contributed by atoms with Gasteiger partial charge in [0.05, 0.1) is 11.2 Å². The fourth-order valence-electron chi connectivity index (χ4n) is 1.99. The predicted molar refractivity (Wildman–Crippen MR) is 66.1 cm³/mol. The zero-order valence-electron chi connectivity index (χ0n) is 10.1. The zero-order chi connectivity index (χ0) is 14.4. The molecule has 0 aliphatic carbocycles. The van der Waals surface area contributed by atoms with Crippen molar-refractivity contribution < 1.29 is 18.3 Å². The SMILES string of the molecule is Cn1ncc(Cl)c1S(=O)(=O)N1CCC(N)(C(=O)O)C1. The highest BCUT2D eigenvalue weighted by atomic mass is 35.5. The highest BCUT2D eigenvalue weighted by molar-refractivity contribution is 7.89. The van der Waals surface area contributed by atoms with E-state index >= 15 is 0 Å². The number of halogens is 1. The predicted octanol–water partition coefficient (Wildman–Crippen LogP) is -0.750. The third kappa shape index (κ3) is 2.22. The van der Waals surface area contributed by atoms with Gasteiger partial charge in [-0.3, -0.25) is 9.48 Å². The van der Waals surface area contributed by atoms with Crippen LogP contribution in [0, 0.1) is 0 Å². The fourth-order valence-corrected chi connectivity index (χ4v) is 4.10. The van der Waals surface area contributed by atoms with Crippen LogP contribution >= 0.6 is 11.6 Å². The summed E-state index contributed by atoms with van der Waals surface area (Å²) in [7, 11) is -2.46. The van der Waals surface area contributed by atoms with Gasteiger partial charge in [-0.1, -0.05) is 11.6 Å². The molecule has 1 aromatic rings. The van der Waals surface area contributed by atoms with E-state index in [-0.39, 0.29) is 29.6 Å². The molecule has 1 fully saturated rings. The Bertz CT molecular complexity index is 609. The maximum Gasteiger partial charge on any atom is 0.325 e. The van der Waals surface area contributed by atoms with Crippen LogP contribution in [0.5, 0.6) is 0 Å². The minimum atomic E-state index is -3.90. The second kappa shape index (κ2) is 4.44. The first-order chi connectivity index (χ1) is 8.68. The molecular formula is C9H13ClN4O4S. The molecule has 2 rings (SSSR count). The van der Waals surface area contributed by atoms with Crippen LogP contribution in [0.1, 0.15) is 6.42 Å². The van der Waals surface area contributed by atoms with Crippen LogP contribution in [0.15, 0.2) is 11.2 Å². The molecule has 1 aromatic heterocycles. The molecule has 8 nitrogen and oxygen atoms in total. The molecule has 0 radical (unpaired) electrons. The van der Waals surface area contributed by atoms with Gasteiger partial charge in [0.1, 0.15) is 5.54 Å². The first-order valence-electron chi connectivity index (χ1n) is 5.38. The summed E-state index contributed by atoms with van der Waals surface area (Å²) in [5.74, 6) is -1.22. The molecule has 19 heavy (non-hydrogen) atoms. The summed E-state index contributed by atoms with van der Waals surface area (Å²) in [6.45, 7) is -0.251. The maximum absolute atomic E-state index is 12.4. The van der Waals surface area contributed by atoms with Crippen molar-refractivity contribution in [2.45, 2.75) is 17.0 Å². The molecule has 0 spiro atoms. The van der Waals surface area contributed by atoms with Crippen LogP contribution in [-0.4, -0.2) is 52.2 Å². The van der Waals surface area contributed by atoms with Gasteiger partial charge in [0.2, 0.25) is 0 Å². The largest absolute Gasteiger partial charge is 0.480 e. The third-order valence-electron chi connectivity index (χ3n) is 3.12. The van der Waals surface area contributed by atoms with Gasteiger partial charge in [-0.05, 0) is 6.42 Å². The lowest BCUT2D eigenvalue weighted by molar-refractivity contribution is -0.142. The summed E-state index contributed by atoms with van der Waals surface area (Å²) in [5.41, 5.74) is 4.10. The molecule has 0 bridgehead atoms. The number of rotatable bonds is 3. The molecule has 1 unspecified atom stereocenters. The van der Waals surface area contributed by atoms with E-state index in [9.17, 15) is 13.2 Å². The highest BCUT2D eigenvalue weighted by Crippen LogP contribution is 2.29. The number of nitrogens with two attached hydrogens (primary N) is 1. The number of nitrogens with zero attached hydrogens (tertiary/aromatic N) is 3. The summed E-state index contributed by atoms with van der Waals surface area (Å²) < 4.78 is 26.9. The van der Waals surface area contributed by atoms with Gasteiger partial charge in [0, 0.05) is 20.1 Å². The Morgan fingerprint density at radius 1 is 1.63 bits per heavy atom. The second-order valence-electron chi connectivity index (χ2n) is 4.47. The van der Waals surface area contributed by atoms with Gasteiger partial charge < -0.3 is 10.8 Å². The van der Waals surface area contributed by atoms with Gasteiger partial charge in [-0.25, -0.2) is 8.42 Å². The van der Waals surface area contributed by atoms with E-state index < -0.39 is 21.5 Å². The molecule has 1 saturated heterocycles. The Balaban J connectivity index is 2.36. The van der Waals surface area contributed by atoms with E-state index in [4.69, 9.17) is 22.4 Å². The summed E-state index contributed by atoms with van der Waals surface area (Å²) in [5, 5.41) is 12.6. The van der Waals surface area contributed by atoms with E-state index in [0.717, 1.165) is 8.99 Å². The molecule has 0 amide bonds. The first kappa shape index (κ1) is 14.3. The van der Waals surface area contributed by atoms with Crippen LogP contribution in [0.4, 0.5) is 0 Å². The van der Waals surface area contributed by atoms with Gasteiger partial charge in [0.15, 0.2) is 5.03 Å². The molecule has 1 atom stereocenters. The third-order valence-corrected chi connectivity index (χ3v) is 5.47. The lowest BCUT2D eigenvalue weighted by Gasteiger charge is -2.20. The molecule has 0 aromatic carbocycles. The fraction of sp³-hybridized carbons (Fsp3) is 0.556. The van der Waals surface area contributed by atoms with Gasteiger partial charge in [-0.2, -0.15) is 9.40 Å². The summed E-state index contributed by atoms with van der Waals surface area (Å²) in [6, 6.07) is 0. The van der Waals surface area contributed by atoms with Crippen LogP contribution in [0.25, 0.3) is 0 Å². The van der Waals surface area contributed by atoms with Crippen molar-refractivity contribution in [3.8, 4) is 0 Å². The minimum absolute atomic E-state index is 0.00709. The Kier molecular flexibility index (Phi) is 3.33. The smallest absolute Gasteiger partial charge is 0.325 e. The van der Waals surface area contributed by atoms with Gasteiger partial charge in [0.25, 0.3) is 10.0 Å². The quantitative estimate of drug-likeness (QED) is 0.758. The molecule has 3 N–H and O–H groups in total. The molecule has 1 aliphatic heterocycles. The molecular weight excluding hydrogens is 296 g/mol. The maximum atomic E-state index is 12.4. The monoisotopic (exact) mass is 308 g/mol. The lowest BCUT2D eigenvalue weighted by Crippen LogP contribution is -2.50. The van der Waals surface area contributed by atoms with E-state index in [1.165, 1.54) is 13.2 Å². The van der Waals surface area contributed by atoms with Crippen molar-refractivity contribution in [3.05, 3.63) is 11.2 Å². The van der Waals surface area contributed by atoms with Crippen LogP contribution < -0.4 is 5.73 Å². The highest BCUT2D eigenvalue weighted by Gasteiger charge is 2.46. The number of aliphatic carboxylic acids is 1. The van der Waals surface area contributed by atoms with Crippen molar-refractivity contribution in [3.63, 3.8) is 0 Å². The van der Waals surface area contributed by atoms with Crippen molar-refractivity contribution >= 4 is 27.6 Å². The number of carboxylic acids is 1. The molecule has 106 valence electrons. The Morgan fingerprint density at radius 2 is 2.26 bits per heavy atom. The number of aromatic nitrogens is 2. The molecule has 0 saturated carbocycles. The number of carbonyl (C=O) groups is 1. The van der Waals surface area contributed by atoms with Crippen molar-refractivity contribution in [2.24, 2.45) is 12.8 Å². The van der Waals surface area contributed by atoms with E-state index in [2.05, 4.69) is 5.10 Å². The minimum Gasteiger partial charge on any atom is -0.480 e. The standard InChI is InChI=1S/C9H13ClN4O4S/c1-13-7(6(10)4-12-13)19(17,18)14-3-2-9(11,5-14)8(15)16/h4H,2-3,5,11H2,1H3,(H,15,16). The average Bonchev–Trinajstić information content (AvgIpc) is 2.84. The topological polar surface area (TPSA) is 119 Å². The molecule has 10 heteroatoms. The molecule has 1 aliphatic rings. The zero-order valence-corrected chi connectivity index (χ0v) is 11.6. The van der Waals surface area contributed by atoms with E-state index in [1.807, 2.05) is 0 Å². The van der Waals surface area contributed by atoms with E-state index in [0.29, 0.717) is 0 Å². The van der Waals surface area contributed by atoms with Gasteiger partial charge >= 0.3 is 5.97 Å². The number of aryl methyl sites for hydroxylation is 1. The second-order valence-corrected chi connectivity index (χ2v) is 6.73. The normalized spacial score (nSPS) is 24.8. The number of hydrogen-bond donors (Lipinski definition) is 2. The van der Waals surface area contributed by atoms with Crippen LogP contribution in [0.2, 0.25) is 5.02 Å². The van der Waals surface area contributed by atoms with Crippen LogP contribution in [-0.2, 0) is 21.9 Å². The number of hydrogen-bond acceptors (Lipinski definition) is 5. The average molecular weight is 309 g/mol. The number of sulfonamides is 1. The Hall–Kier alpha value is -1.16. The first-order valence-corrected chi connectivity index (χ1v) is 7.20. The lowest BCUT2D eigenvalue weighted by atomic mass is 10.0. The van der Waals surface area contributed by atoms with Gasteiger partial charge in [-0.15, -0.1) is 0 Å². The van der Waals surface area contributed by atoms with E-state index in [1.54, 1.807) is 0 Å². The number of carboxylic acid groups (broad SMARTS) is 1. The summed E-state index contributed by atoms with van der Waals surface area (Å²) in [4.78, 5) is 11.0. The molecule has 2 heterocycles. The Labute approximate surface area is 114 Å². The van der Waals surface area contributed by atoms with Crippen LogP contribution in [0.3, 0.4) is 0 Å². The van der Waals surface area contributed by atoms with Crippen molar-refractivity contribution in [2.75, 3.05) is 13.1 Å². The Morgan fingerprint density at radius 3 is 2.68 bits per heavy atom. The summed E-state index contributed by atoms with van der Waals surface area (Å²) in [6.07, 6.45) is 1.27.